The second-order valence-electron chi connectivity index (χ2n) is 4.08. The van der Waals surface area contributed by atoms with E-state index in [1.807, 2.05) is 0 Å². The summed E-state index contributed by atoms with van der Waals surface area (Å²) in [5.41, 5.74) is 0.953. The van der Waals surface area contributed by atoms with Gasteiger partial charge in [-0.2, -0.15) is 5.10 Å². The van der Waals surface area contributed by atoms with Gasteiger partial charge in [0.25, 0.3) is 5.69 Å². The lowest BCUT2D eigenvalue weighted by molar-refractivity contribution is -0.384. The normalized spacial score (nSPS) is 10.4. The highest BCUT2D eigenvalue weighted by molar-refractivity contribution is 5.62. The predicted octanol–water partition coefficient (Wildman–Crippen LogP) is 0.969. The van der Waals surface area contributed by atoms with Crippen molar-refractivity contribution in [3.05, 3.63) is 50.2 Å². The van der Waals surface area contributed by atoms with Gasteiger partial charge >= 0.3 is 5.69 Å². The fourth-order valence-corrected chi connectivity index (χ4v) is 1.68. The molecule has 3 N–H and O–H groups in total. The summed E-state index contributed by atoms with van der Waals surface area (Å²) < 4.78 is 0. The minimum absolute atomic E-state index is 0.0375. The molecule has 0 atom stereocenters. The van der Waals surface area contributed by atoms with E-state index in [0.29, 0.717) is 24.5 Å². The van der Waals surface area contributed by atoms with Gasteiger partial charge in [0, 0.05) is 19.0 Å². The SMILES string of the molecule is Cc1ccc(NCCc2n[nH]c(=O)[nH]2)c([N+](=O)[O-])c1. The number of nitro groups is 1. The topological polar surface area (TPSA) is 117 Å². The summed E-state index contributed by atoms with van der Waals surface area (Å²) in [6, 6.07) is 4.98. The van der Waals surface area contributed by atoms with Crippen LogP contribution in [-0.4, -0.2) is 26.6 Å². The molecule has 8 nitrogen and oxygen atoms in total. The van der Waals surface area contributed by atoms with Crippen LogP contribution in [0, 0.1) is 17.0 Å². The Bertz CT molecular complexity index is 646. The molecule has 0 saturated heterocycles. The summed E-state index contributed by atoms with van der Waals surface area (Å²) in [4.78, 5) is 23.8. The number of aromatic amines is 2. The highest BCUT2D eigenvalue weighted by Gasteiger charge is 2.13. The van der Waals surface area contributed by atoms with Crippen LogP contribution in [0.1, 0.15) is 11.4 Å². The largest absolute Gasteiger partial charge is 0.379 e. The summed E-state index contributed by atoms with van der Waals surface area (Å²) in [6.07, 6.45) is 0.462. The van der Waals surface area contributed by atoms with Crippen molar-refractivity contribution in [2.24, 2.45) is 0 Å². The van der Waals surface area contributed by atoms with Gasteiger partial charge in [0.15, 0.2) is 0 Å². The Morgan fingerprint density at radius 3 is 2.89 bits per heavy atom. The molecule has 2 rings (SSSR count). The van der Waals surface area contributed by atoms with Crippen molar-refractivity contribution >= 4 is 11.4 Å². The number of aromatic nitrogens is 3. The second kappa shape index (κ2) is 5.34. The first-order valence-corrected chi connectivity index (χ1v) is 5.69. The summed E-state index contributed by atoms with van der Waals surface area (Å²) in [7, 11) is 0. The molecule has 100 valence electrons. The summed E-state index contributed by atoms with van der Waals surface area (Å²) >= 11 is 0. The molecule has 0 aliphatic carbocycles. The van der Waals surface area contributed by atoms with Gasteiger partial charge in [0.2, 0.25) is 0 Å². The molecule has 0 aliphatic rings. The molecular weight excluding hydrogens is 250 g/mol. The highest BCUT2D eigenvalue weighted by Crippen LogP contribution is 2.24. The number of nitro benzene ring substituents is 1. The molecule has 2 aromatic rings. The molecule has 0 aliphatic heterocycles. The average Bonchev–Trinajstić information content (AvgIpc) is 2.77. The number of nitrogens with one attached hydrogen (secondary N) is 3. The smallest absolute Gasteiger partial charge is 0.340 e. The average molecular weight is 263 g/mol. The summed E-state index contributed by atoms with van der Waals surface area (Å²) in [5, 5.41) is 19.9. The van der Waals surface area contributed by atoms with Gasteiger partial charge in [-0.05, 0) is 18.6 Å². The first kappa shape index (κ1) is 12.8. The van der Waals surface area contributed by atoms with Gasteiger partial charge in [-0.25, -0.2) is 9.89 Å². The number of anilines is 1. The minimum atomic E-state index is -0.425. The van der Waals surface area contributed by atoms with Crippen LogP contribution in [0.15, 0.2) is 23.0 Å². The summed E-state index contributed by atoms with van der Waals surface area (Å²) in [6.45, 7) is 2.23. The van der Waals surface area contributed by atoms with Crippen LogP contribution in [-0.2, 0) is 6.42 Å². The quantitative estimate of drug-likeness (QED) is 0.549. The van der Waals surface area contributed by atoms with E-state index in [0.717, 1.165) is 5.56 Å². The third-order valence-electron chi connectivity index (χ3n) is 2.58. The maximum atomic E-state index is 10.9. The third kappa shape index (κ3) is 3.18. The molecule has 0 bridgehead atoms. The lowest BCUT2D eigenvalue weighted by Crippen LogP contribution is -2.08. The van der Waals surface area contributed by atoms with Crippen LogP contribution < -0.4 is 11.0 Å². The highest BCUT2D eigenvalue weighted by atomic mass is 16.6. The molecule has 1 heterocycles. The monoisotopic (exact) mass is 263 g/mol. The van der Waals surface area contributed by atoms with Crippen molar-refractivity contribution in [3.63, 3.8) is 0 Å². The van der Waals surface area contributed by atoms with E-state index in [9.17, 15) is 14.9 Å². The van der Waals surface area contributed by atoms with Crippen LogP contribution in [0.4, 0.5) is 11.4 Å². The standard InChI is InChI=1S/C11H13N5O3/c1-7-2-3-8(9(6-7)16(18)19)12-5-4-10-13-11(17)15-14-10/h2-3,6,12H,4-5H2,1H3,(H2,13,14,15,17). The van der Waals surface area contributed by atoms with E-state index in [1.165, 1.54) is 6.07 Å². The zero-order chi connectivity index (χ0) is 13.8. The van der Waals surface area contributed by atoms with Gasteiger partial charge in [0.05, 0.1) is 4.92 Å². The Morgan fingerprint density at radius 1 is 1.47 bits per heavy atom. The van der Waals surface area contributed by atoms with Crippen molar-refractivity contribution in [1.82, 2.24) is 15.2 Å². The Balaban J connectivity index is 2.03. The van der Waals surface area contributed by atoms with Gasteiger partial charge in [-0.1, -0.05) is 6.07 Å². The van der Waals surface area contributed by atoms with Crippen molar-refractivity contribution in [2.75, 3.05) is 11.9 Å². The molecule has 0 amide bonds. The van der Waals surface area contributed by atoms with Crippen LogP contribution in [0.25, 0.3) is 0 Å². The van der Waals surface area contributed by atoms with Crippen molar-refractivity contribution in [2.45, 2.75) is 13.3 Å². The lowest BCUT2D eigenvalue weighted by Gasteiger charge is -2.06. The minimum Gasteiger partial charge on any atom is -0.379 e. The Hall–Kier alpha value is -2.64. The lowest BCUT2D eigenvalue weighted by atomic mass is 10.2. The Labute approximate surface area is 108 Å². The maximum absolute atomic E-state index is 10.9. The Kier molecular flexibility index (Phi) is 3.60. The van der Waals surface area contributed by atoms with Crippen LogP contribution in [0.2, 0.25) is 0 Å². The molecular formula is C11H13N5O3. The fourth-order valence-electron chi connectivity index (χ4n) is 1.68. The van der Waals surface area contributed by atoms with Crippen LogP contribution >= 0.6 is 0 Å². The number of benzene rings is 1. The predicted molar refractivity (Wildman–Crippen MR) is 69.2 cm³/mol. The first-order valence-electron chi connectivity index (χ1n) is 5.69. The van der Waals surface area contributed by atoms with Crippen molar-refractivity contribution in [3.8, 4) is 0 Å². The number of rotatable bonds is 5. The molecule has 0 spiro atoms. The van der Waals surface area contributed by atoms with Gasteiger partial charge in [-0.3, -0.25) is 15.1 Å². The first-order chi connectivity index (χ1) is 9.06. The zero-order valence-corrected chi connectivity index (χ0v) is 10.3. The molecule has 0 saturated carbocycles. The molecule has 0 unspecified atom stereocenters. The zero-order valence-electron chi connectivity index (χ0n) is 10.3. The number of hydrogen-bond acceptors (Lipinski definition) is 5. The van der Waals surface area contributed by atoms with E-state index < -0.39 is 4.92 Å². The maximum Gasteiger partial charge on any atom is 0.340 e. The molecule has 0 fully saturated rings. The van der Waals surface area contributed by atoms with Gasteiger partial charge in [-0.15, -0.1) is 0 Å². The molecule has 1 aromatic carbocycles. The molecule has 1 aromatic heterocycles. The number of H-pyrrole nitrogens is 2. The molecule has 19 heavy (non-hydrogen) atoms. The Morgan fingerprint density at radius 2 is 2.26 bits per heavy atom. The van der Waals surface area contributed by atoms with E-state index in [-0.39, 0.29) is 11.4 Å². The molecule has 0 radical (unpaired) electrons. The van der Waals surface area contributed by atoms with Crippen LogP contribution in [0.3, 0.4) is 0 Å². The van der Waals surface area contributed by atoms with Crippen molar-refractivity contribution < 1.29 is 4.92 Å². The van der Waals surface area contributed by atoms with E-state index in [4.69, 9.17) is 0 Å². The molecule has 8 heteroatoms. The second-order valence-corrected chi connectivity index (χ2v) is 4.08. The van der Waals surface area contributed by atoms with Gasteiger partial charge in [0.1, 0.15) is 11.5 Å². The van der Waals surface area contributed by atoms with Gasteiger partial charge < -0.3 is 5.32 Å². The van der Waals surface area contributed by atoms with E-state index in [1.54, 1.807) is 19.1 Å². The summed E-state index contributed by atoms with van der Waals surface area (Å²) in [5.74, 6) is 0.507. The number of aryl methyl sites for hydroxylation is 1. The third-order valence-corrected chi connectivity index (χ3v) is 2.58. The van der Waals surface area contributed by atoms with E-state index >= 15 is 0 Å². The number of nitrogens with zero attached hydrogens (tertiary/aromatic N) is 2. The van der Waals surface area contributed by atoms with E-state index in [2.05, 4.69) is 20.5 Å². The van der Waals surface area contributed by atoms with Crippen LogP contribution in [0.5, 0.6) is 0 Å². The van der Waals surface area contributed by atoms with Crippen molar-refractivity contribution in [1.29, 1.82) is 0 Å². The number of hydrogen-bond donors (Lipinski definition) is 3. The fraction of sp³-hybridized carbons (Fsp3) is 0.273.